The standard InChI is InChI=1S/C18H17F5N4O4/c1-9-13(14(28)25-11-3-4-24-12(5-11)16(29)30-2)27(8-10-6-17(19,20)7-10)26-15(9)31-18(21,22)23/h3-5,10H,6-8H2,1-2H3,(H,24,25,28). The Morgan fingerprint density at radius 3 is 2.58 bits per heavy atom. The summed E-state index contributed by atoms with van der Waals surface area (Å²) in [6.07, 6.45) is -4.76. The minimum Gasteiger partial charge on any atom is -0.464 e. The topological polar surface area (TPSA) is 95.3 Å². The highest BCUT2D eigenvalue weighted by atomic mass is 19.4. The van der Waals surface area contributed by atoms with Gasteiger partial charge in [0.25, 0.3) is 5.91 Å². The number of alkyl halides is 5. The van der Waals surface area contributed by atoms with Crippen molar-refractivity contribution >= 4 is 17.6 Å². The van der Waals surface area contributed by atoms with Crippen LogP contribution in [0.4, 0.5) is 27.6 Å². The van der Waals surface area contributed by atoms with Gasteiger partial charge in [0.1, 0.15) is 11.4 Å². The van der Waals surface area contributed by atoms with Gasteiger partial charge < -0.3 is 14.8 Å². The molecule has 1 fully saturated rings. The summed E-state index contributed by atoms with van der Waals surface area (Å²) in [5.41, 5.74) is -0.501. The number of rotatable bonds is 6. The summed E-state index contributed by atoms with van der Waals surface area (Å²) in [6, 6.07) is 2.55. The Morgan fingerprint density at radius 2 is 2.00 bits per heavy atom. The number of halogens is 5. The maximum atomic E-state index is 13.2. The average molecular weight is 448 g/mol. The van der Waals surface area contributed by atoms with E-state index < -0.39 is 48.8 Å². The zero-order valence-corrected chi connectivity index (χ0v) is 16.3. The van der Waals surface area contributed by atoms with E-state index in [-0.39, 0.29) is 29.2 Å². The molecule has 1 aliphatic rings. The highest BCUT2D eigenvalue weighted by Gasteiger charge is 2.46. The summed E-state index contributed by atoms with van der Waals surface area (Å²) < 4.78 is 73.7. The number of nitrogens with zero attached hydrogens (tertiary/aromatic N) is 3. The van der Waals surface area contributed by atoms with Crippen molar-refractivity contribution in [1.82, 2.24) is 14.8 Å². The molecule has 31 heavy (non-hydrogen) atoms. The summed E-state index contributed by atoms with van der Waals surface area (Å²) in [7, 11) is 1.14. The fourth-order valence-electron chi connectivity index (χ4n) is 3.23. The van der Waals surface area contributed by atoms with E-state index in [1.54, 1.807) is 0 Å². The summed E-state index contributed by atoms with van der Waals surface area (Å²) in [6.45, 7) is 1.01. The summed E-state index contributed by atoms with van der Waals surface area (Å²) >= 11 is 0. The van der Waals surface area contributed by atoms with Crippen LogP contribution in [-0.4, -0.2) is 46.0 Å². The van der Waals surface area contributed by atoms with E-state index >= 15 is 0 Å². The summed E-state index contributed by atoms with van der Waals surface area (Å²) in [4.78, 5) is 28.2. The van der Waals surface area contributed by atoms with Gasteiger partial charge in [-0.05, 0) is 25.0 Å². The molecule has 0 atom stereocenters. The molecule has 0 bridgehead atoms. The molecule has 0 saturated heterocycles. The van der Waals surface area contributed by atoms with Crippen LogP contribution in [0.3, 0.4) is 0 Å². The number of nitrogens with one attached hydrogen (secondary N) is 1. The van der Waals surface area contributed by atoms with Gasteiger partial charge in [0.2, 0.25) is 11.8 Å². The molecule has 1 saturated carbocycles. The minimum atomic E-state index is -5.05. The van der Waals surface area contributed by atoms with Gasteiger partial charge in [-0.1, -0.05) is 0 Å². The number of ether oxygens (including phenoxy) is 2. The van der Waals surface area contributed by atoms with Crippen LogP contribution in [0.2, 0.25) is 0 Å². The third-order valence-corrected chi connectivity index (χ3v) is 4.59. The molecule has 1 N–H and O–H groups in total. The normalized spacial score (nSPS) is 15.8. The lowest BCUT2D eigenvalue weighted by Crippen LogP contribution is -2.38. The van der Waals surface area contributed by atoms with Gasteiger partial charge in [-0.15, -0.1) is 18.3 Å². The first-order valence-electron chi connectivity index (χ1n) is 8.95. The molecular formula is C18H17F5N4O4. The molecule has 0 aromatic carbocycles. The molecule has 2 heterocycles. The van der Waals surface area contributed by atoms with Gasteiger partial charge in [0.05, 0.1) is 7.11 Å². The number of esters is 1. The molecule has 0 aliphatic heterocycles. The second-order valence-corrected chi connectivity index (χ2v) is 7.01. The molecule has 0 spiro atoms. The molecule has 0 unspecified atom stereocenters. The number of methoxy groups -OCH3 is 1. The maximum absolute atomic E-state index is 13.2. The van der Waals surface area contributed by atoms with E-state index in [1.165, 1.54) is 25.3 Å². The van der Waals surface area contributed by atoms with E-state index in [0.29, 0.717) is 0 Å². The zero-order chi connectivity index (χ0) is 23.0. The van der Waals surface area contributed by atoms with Gasteiger partial charge >= 0.3 is 12.3 Å². The Morgan fingerprint density at radius 1 is 1.32 bits per heavy atom. The number of amides is 1. The van der Waals surface area contributed by atoms with Crippen LogP contribution in [0, 0.1) is 12.8 Å². The van der Waals surface area contributed by atoms with Gasteiger partial charge in [-0.25, -0.2) is 18.6 Å². The number of hydrogen-bond donors (Lipinski definition) is 1. The first-order chi connectivity index (χ1) is 14.4. The summed E-state index contributed by atoms with van der Waals surface area (Å²) in [5, 5.41) is 6.10. The largest absolute Gasteiger partial charge is 0.574 e. The SMILES string of the molecule is COC(=O)c1cc(NC(=O)c2c(C)c(OC(F)(F)F)nn2CC2CC(F)(F)C2)ccn1. The van der Waals surface area contributed by atoms with Crippen LogP contribution in [0.15, 0.2) is 18.3 Å². The molecule has 2 aromatic heterocycles. The second-order valence-electron chi connectivity index (χ2n) is 7.01. The number of anilines is 1. The second kappa shape index (κ2) is 8.12. The number of pyridine rings is 1. The molecule has 13 heteroatoms. The molecule has 8 nitrogen and oxygen atoms in total. The predicted molar refractivity (Wildman–Crippen MR) is 94.8 cm³/mol. The van der Waals surface area contributed by atoms with Crippen LogP contribution in [-0.2, 0) is 11.3 Å². The fraction of sp³-hybridized carbons (Fsp3) is 0.444. The highest BCUT2D eigenvalue weighted by Crippen LogP contribution is 2.43. The molecule has 0 radical (unpaired) electrons. The predicted octanol–water partition coefficient (Wildman–Crippen LogP) is 3.57. The van der Waals surface area contributed by atoms with Crippen molar-refractivity contribution in [3.8, 4) is 5.88 Å². The van der Waals surface area contributed by atoms with Crippen LogP contribution in [0.1, 0.15) is 39.4 Å². The van der Waals surface area contributed by atoms with Crippen molar-refractivity contribution < 1.29 is 41.0 Å². The van der Waals surface area contributed by atoms with Gasteiger partial charge in [0.15, 0.2) is 0 Å². The molecule has 2 aromatic rings. The van der Waals surface area contributed by atoms with Gasteiger partial charge in [0, 0.05) is 36.8 Å². The van der Waals surface area contributed by atoms with Crippen LogP contribution < -0.4 is 10.1 Å². The monoisotopic (exact) mass is 448 g/mol. The third kappa shape index (κ3) is 5.27. The van der Waals surface area contributed by atoms with Crippen LogP contribution in [0.5, 0.6) is 5.88 Å². The van der Waals surface area contributed by atoms with E-state index in [2.05, 4.69) is 24.9 Å². The van der Waals surface area contributed by atoms with Crippen molar-refractivity contribution in [3.63, 3.8) is 0 Å². The van der Waals surface area contributed by atoms with Crippen molar-refractivity contribution in [2.24, 2.45) is 5.92 Å². The van der Waals surface area contributed by atoms with Crippen LogP contribution in [0.25, 0.3) is 0 Å². The van der Waals surface area contributed by atoms with E-state index in [4.69, 9.17) is 0 Å². The third-order valence-electron chi connectivity index (χ3n) is 4.59. The zero-order valence-electron chi connectivity index (χ0n) is 16.3. The van der Waals surface area contributed by atoms with Gasteiger partial charge in [-0.3, -0.25) is 9.48 Å². The number of hydrogen-bond acceptors (Lipinski definition) is 6. The lowest BCUT2D eigenvalue weighted by molar-refractivity contribution is -0.276. The Labute approximate surface area is 172 Å². The Bertz CT molecular complexity index is 997. The number of aromatic nitrogens is 3. The van der Waals surface area contributed by atoms with Crippen molar-refractivity contribution in [3.05, 3.63) is 35.3 Å². The van der Waals surface area contributed by atoms with E-state index in [1.807, 2.05) is 0 Å². The Kier molecular flexibility index (Phi) is 5.87. The van der Waals surface area contributed by atoms with Crippen molar-refractivity contribution in [1.29, 1.82) is 0 Å². The first kappa shape index (κ1) is 22.4. The Balaban J connectivity index is 1.88. The average Bonchev–Trinajstić information content (AvgIpc) is 2.93. The van der Waals surface area contributed by atoms with Gasteiger partial charge in [-0.2, -0.15) is 0 Å². The lowest BCUT2D eigenvalue weighted by Gasteiger charge is -2.34. The van der Waals surface area contributed by atoms with Crippen molar-refractivity contribution in [2.75, 3.05) is 12.4 Å². The lowest BCUT2D eigenvalue weighted by atomic mass is 9.81. The van der Waals surface area contributed by atoms with Crippen molar-refractivity contribution in [2.45, 2.75) is 38.6 Å². The Hall–Kier alpha value is -3.25. The number of carbonyl (C=O) groups is 2. The smallest absolute Gasteiger partial charge is 0.464 e. The molecule has 1 aliphatic carbocycles. The number of carbonyl (C=O) groups excluding carboxylic acids is 2. The van der Waals surface area contributed by atoms with E-state index in [0.717, 1.165) is 11.8 Å². The maximum Gasteiger partial charge on any atom is 0.574 e. The first-order valence-corrected chi connectivity index (χ1v) is 8.95. The fourth-order valence-corrected chi connectivity index (χ4v) is 3.23. The summed E-state index contributed by atoms with van der Waals surface area (Å²) in [5.74, 6) is -5.89. The van der Waals surface area contributed by atoms with Crippen LogP contribution >= 0.6 is 0 Å². The minimum absolute atomic E-state index is 0.108. The quantitative estimate of drug-likeness (QED) is 0.536. The molecule has 168 valence electrons. The molecule has 1 amide bonds. The highest BCUT2D eigenvalue weighted by molar-refractivity contribution is 6.04. The molecule has 3 rings (SSSR count). The molecular weight excluding hydrogens is 431 g/mol. The van der Waals surface area contributed by atoms with E-state index in [9.17, 15) is 31.5 Å².